The number of nitrogen functional groups attached to an aromatic ring is 1. The second-order valence-corrected chi connectivity index (χ2v) is 4.75. The van der Waals surface area contributed by atoms with E-state index in [2.05, 4.69) is 5.32 Å². The number of hydrogen-bond donors (Lipinski definition) is 2. The highest BCUT2D eigenvalue weighted by Crippen LogP contribution is 2.12. The maximum absolute atomic E-state index is 11.5. The zero-order valence-electron chi connectivity index (χ0n) is 9.76. The van der Waals surface area contributed by atoms with E-state index < -0.39 is 6.09 Å². The molecule has 0 aliphatic rings. The van der Waals surface area contributed by atoms with Crippen molar-refractivity contribution in [1.29, 1.82) is 0 Å². The third-order valence-corrected chi connectivity index (χ3v) is 3.23. The van der Waals surface area contributed by atoms with Gasteiger partial charge in [-0.05, 0) is 29.6 Å². The second-order valence-electron chi connectivity index (χ2n) is 3.72. The molecule has 0 unspecified atom stereocenters. The van der Waals surface area contributed by atoms with Gasteiger partial charge in [0, 0.05) is 22.7 Å². The average molecular weight is 262 g/mol. The summed E-state index contributed by atoms with van der Waals surface area (Å²) in [6.45, 7) is 0.370. The van der Waals surface area contributed by atoms with Gasteiger partial charge in [0.15, 0.2) is 0 Å². The molecule has 0 bridgehead atoms. The Hall–Kier alpha value is -2.01. The Balaban J connectivity index is 1.75. The van der Waals surface area contributed by atoms with Crippen molar-refractivity contribution in [3.63, 3.8) is 0 Å². The Morgan fingerprint density at radius 2 is 2.22 bits per heavy atom. The summed E-state index contributed by atoms with van der Waals surface area (Å²) in [5.74, 6) is 0. The molecule has 2 aromatic rings. The SMILES string of the molecule is Nc1cccc(NC(=O)OCCc2cccs2)c1. The molecule has 4 nitrogen and oxygen atoms in total. The molecule has 0 fully saturated rings. The molecule has 1 aromatic heterocycles. The van der Waals surface area contributed by atoms with E-state index in [0.717, 1.165) is 6.42 Å². The van der Waals surface area contributed by atoms with Crippen molar-refractivity contribution in [2.45, 2.75) is 6.42 Å². The molecule has 0 radical (unpaired) electrons. The Kier molecular flexibility index (Phi) is 4.20. The monoisotopic (exact) mass is 262 g/mol. The number of ether oxygens (including phenoxy) is 1. The summed E-state index contributed by atoms with van der Waals surface area (Å²) in [6, 6.07) is 11.0. The van der Waals surface area contributed by atoms with Crippen molar-refractivity contribution in [3.05, 3.63) is 46.7 Å². The topological polar surface area (TPSA) is 64.3 Å². The number of nitrogens with one attached hydrogen (secondary N) is 1. The van der Waals surface area contributed by atoms with Crippen molar-refractivity contribution < 1.29 is 9.53 Å². The van der Waals surface area contributed by atoms with Crippen molar-refractivity contribution in [2.24, 2.45) is 0 Å². The molecule has 0 saturated carbocycles. The lowest BCUT2D eigenvalue weighted by Crippen LogP contribution is -2.15. The molecule has 0 saturated heterocycles. The molecule has 0 atom stereocenters. The van der Waals surface area contributed by atoms with Gasteiger partial charge in [0.05, 0.1) is 6.61 Å². The number of amides is 1. The van der Waals surface area contributed by atoms with Crippen LogP contribution in [-0.2, 0) is 11.2 Å². The van der Waals surface area contributed by atoms with Crippen LogP contribution in [-0.4, -0.2) is 12.7 Å². The fraction of sp³-hybridized carbons (Fsp3) is 0.154. The summed E-state index contributed by atoms with van der Waals surface area (Å²) in [6.07, 6.45) is 0.277. The van der Waals surface area contributed by atoms with Crippen molar-refractivity contribution in [3.8, 4) is 0 Å². The number of anilines is 2. The Bertz CT molecular complexity index is 511. The molecule has 1 amide bonds. The summed E-state index contributed by atoms with van der Waals surface area (Å²) in [5.41, 5.74) is 6.85. The van der Waals surface area contributed by atoms with Gasteiger partial charge in [-0.2, -0.15) is 0 Å². The van der Waals surface area contributed by atoms with Gasteiger partial charge in [0.2, 0.25) is 0 Å². The van der Waals surface area contributed by atoms with Gasteiger partial charge in [-0.1, -0.05) is 12.1 Å². The Morgan fingerprint density at radius 3 is 2.94 bits per heavy atom. The molecule has 94 valence electrons. The lowest BCUT2D eigenvalue weighted by atomic mass is 10.3. The highest BCUT2D eigenvalue weighted by Gasteiger charge is 2.03. The molecule has 5 heteroatoms. The number of carbonyl (C=O) groups is 1. The molecule has 1 heterocycles. The molecule has 2 rings (SSSR count). The average Bonchev–Trinajstić information content (AvgIpc) is 2.82. The van der Waals surface area contributed by atoms with Crippen molar-refractivity contribution >= 4 is 28.8 Å². The quantitative estimate of drug-likeness (QED) is 0.832. The molecule has 18 heavy (non-hydrogen) atoms. The van der Waals surface area contributed by atoms with Crippen LogP contribution in [0.2, 0.25) is 0 Å². The largest absolute Gasteiger partial charge is 0.449 e. The van der Waals surface area contributed by atoms with Crippen LogP contribution >= 0.6 is 11.3 Å². The van der Waals surface area contributed by atoms with Crippen LogP contribution in [0.3, 0.4) is 0 Å². The first kappa shape index (κ1) is 12.4. The van der Waals surface area contributed by atoms with Crippen LogP contribution in [0.4, 0.5) is 16.2 Å². The van der Waals surface area contributed by atoms with Crippen LogP contribution in [0.5, 0.6) is 0 Å². The van der Waals surface area contributed by atoms with Crippen LogP contribution < -0.4 is 11.1 Å². The van der Waals surface area contributed by atoms with Gasteiger partial charge >= 0.3 is 6.09 Å². The van der Waals surface area contributed by atoms with Gasteiger partial charge in [-0.15, -0.1) is 11.3 Å². The fourth-order valence-electron chi connectivity index (χ4n) is 1.47. The van der Waals surface area contributed by atoms with E-state index in [9.17, 15) is 4.79 Å². The summed E-state index contributed by atoms with van der Waals surface area (Å²) >= 11 is 1.65. The van der Waals surface area contributed by atoms with Crippen LogP contribution in [0.15, 0.2) is 41.8 Å². The molecular formula is C13H14N2O2S. The molecule has 0 aliphatic heterocycles. The minimum Gasteiger partial charge on any atom is -0.449 e. The molecule has 1 aromatic carbocycles. The minimum absolute atomic E-state index is 0.370. The number of benzene rings is 1. The Morgan fingerprint density at radius 1 is 1.33 bits per heavy atom. The summed E-state index contributed by atoms with van der Waals surface area (Å²) in [5, 5.41) is 4.63. The van der Waals surface area contributed by atoms with Gasteiger partial charge in [0.1, 0.15) is 0 Å². The third-order valence-electron chi connectivity index (χ3n) is 2.29. The first-order chi connectivity index (χ1) is 8.74. The molecular weight excluding hydrogens is 248 g/mol. The minimum atomic E-state index is -0.461. The van der Waals surface area contributed by atoms with E-state index in [1.165, 1.54) is 4.88 Å². The molecule has 3 N–H and O–H groups in total. The van der Waals surface area contributed by atoms with Gasteiger partial charge in [-0.3, -0.25) is 5.32 Å². The lowest BCUT2D eigenvalue weighted by Gasteiger charge is -2.06. The highest BCUT2D eigenvalue weighted by atomic mass is 32.1. The second kappa shape index (κ2) is 6.07. The Labute approximate surface area is 109 Å². The number of carbonyl (C=O) groups excluding carboxylic acids is 1. The predicted molar refractivity (Wildman–Crippen MR) is 73.8 cm³/mol. The number of nitrogens with two attached hydrogens (primary N) is 1. The zero-order valence-corrected chi connectivity index (χ0v) is 10.6. The zero-order chi connectivity index (χ0) is 12.8. The lowest BCUT2D eigenvalue weighted by molar-refractivity contribution is 0.163. The van der Waals surface area contributed by atoms with E-state index in [1.807, 2.05) is 17.5 Å². The third kappa shape index (κ3) is 3.78. The first-order valence-corrected chi connectivity index (χ1v) is 6.44. The molecule has 0 spiro atoms. The fourth-order valence-corrected chi connectivity index (χ4v) is 2.16. The summed E-state index contributed by atoms with van der Waals surface area (Å²) in [4.78, 5) is 12.7. The maximum atomic E-state index is 11.5. The van der Waals surface area contributed by atoms with Crippen molar-refractivity contribution in [1.82, 2.24) is 0 Å². The summed E-state index contributed by atoms with van der Waals surface area (Å²) < 4.78 is 5.07. The predicted octanol–water partition coefficient (Wildman–Crippen LogP) is 3.12. The van der Waals surface area contributed by atoms with E-state index in [4.69, 9.17) is 10.5 Å². The normalized spacial score (nSPS) is 10.0. The van der Waals surface area contributed by atoms with E-state index in [1.54, 1.807) is 35.6 Å². The van der Waals surface area contributed by atoms with Crippen molar-refractivity contribution in [2.75, 3.05) is 17.7 Å². The summed E-state index contributed by atoms with van der Waals surface area (Å²) in [7, 11) is 0. The standard InChI is InChI=1S/C13H14N2O2S/c14-10-3-1-4-11(9-10)15-13(16)17-7-6-12-5-2-8-18-12/h1-5,8-9H,6-7,14H2,(H,15,16). The van der Waals surface area contributed by atoms with E-state index >= 15 is 0 Å². The first-order valence-electron chi connectivity index (χ1n) is 5.56. The van der Waals surface area contributed by atoms with Crippen LogP contribution in [0, 0.1) is 0 Å². The maximum Gasteiger partial charge on any atom is 0.411 e. The van der Waals surface area contributed by atoms with E-state index in [-0.39, 0.29) is 0 Å². The number of rotatable bonds is 4. The number of hydrogen-bond acceptors (Lipinski definition) is 4. The van der Waals surface area contributed by atoms with Gasteiger partial charge < -0.3 is 10.5 Å². The number of thiophene rings is 1. The smallest absolute Gasteiger partial charge is 0.411 e. The van der Waals surface area contributed by atoms with E-state index in [0.29, 0.717) is 18.0 Å². The van der Waals surface area contributed by atoms with Gasteiger partial charge in [-0.25, -0.2) is 4.79 Å². The highest BCUT2D eigenvalue weighted by molar-refractivity contribution is 7.09. The van der Waals surface area contributed by atoms with Gasteiger partial charge in [0.25, 0.3) is 0 Å². The molecule has 0 aliphatic carbocycles. The van der Waals surface area contributed by atoms with Crippen LogP contribution in [0.1, 0.15) is 4.88 Å². The van der Waals surface area contributed by atoms with Crippen LogP contribution in [0.25, 0.3) is 0 Å².